The molecule has 0 aromatic carbocycles. The molecule has 1 fully saturated rings. The van der Waals surface area contributed by atoms with Gasteiger partial charge in [-0.2, -0.15) is 0 Å². The average Bonchev–Trinajstić information content (AvgIpc) is 2.69. The molecule has 3 nitrogen and oxygen atoms in total. The van der Waals surface area contributed by atoms with Crippen LogP contribution >= 0.6 is 0 Å². The smallest absolute Gasteiger partial charge is 0.307 e. The molecule has 0 aromatic rings. The summed E-state index contributed by atoms with van der Waals surface area (Å²) in [7, 11) is 0. The lowest BCUT2D eigenvalue weighted by atomic mass is 10.4. The molecule has 0 heterocycles. The third-order valence-corrected chi connectivity index (χ3v) is 1.71. The maximum Gasteiger partial charge on any atom is 0.307 e. The van der Waals surface area contributed by atoms with Gasteiger partial charge in [-0.3, -0.25) is 4.79 Å². The van der Waals surface area contributed by atoms with Gasteiger partial charge in [-0.05, 0) is 26.7 Å². The standard InChI is InChI=1S/C9H17NO2/c1-7(2)12-9(11)5-6-10-8-3-4-8/h7-8,10H,3-6H2,1-2H3. The summed E-state index contributed by atoms with van der Waals surface area (Å²) < 4.78 is 4.97. The zero-order valence-electron chi connectivity index (χ0n) is 7.80. The Bertz CT molecular complexity index is 153. The minimum atomic E-state index is -0.0989. The Kier molecular flexibility index (Phi) is 3.53. The molecule has 1 rings (SSSR count). The van der Waals surface area contributed by atoms with Gasteiger partial charge in [0, 0.05) is 12.6 Å². The molecule has 1 saturated carbocycles. The van der Waals surface area contributed by atoms with Crippen LogP contribution < -0.4 is 5.32 Å². The Labute approximate surface area is 73.5 Å². The van der Waals surface area contributed by atoms with Crippen molar-refractivity contribution in [1.82, 2.24) is 5.32 Å². The van der Waals surface area contributed by atoms with Crippen molar-refractivity contribution in [2.75, 3.05) is 6.54 Å². The predicted molar refractivity (Wildman–Crippen MR) is 46.9 cm³/mol. The lowest BCUT2D eigenvalue weighted by Crippen LogP contribution is -2.22. The van der Waals surface area contributed by atoms with Gasteiger partial charge in [0.15, 0.2) is 0 Å². The zero-order valence-corrected chi connectivity index (χ0v) is 7.80. The van der Waals surface area contributed by atoms with Crippen LogP contribution in [0.5, 0.6) is 0 Å². The number of esters is 1. The van der Waals surface area contributed by atoms with Gasteiger partial charge in [0.2, 0.25) is 0 Å². The molecular weight excluding hydrogens is 154 g/mol. The normalized spacial score (nSPS) is 16.6. The molecule has 0 spiro atoms. The third kappa shape index (κ3) is 4.34. The van der Waals surface area contributed by atoms with Crippen molar-refractivity contribution in [3.05, 3.63) is 0 Å². The molecule has 0 aliphatic heterocycles. The van der Waals surface area contributed by atoms with Crippen LogP contribution in [-0.4, -0.2) is 24.7 Å². The van der Waals surface area contributed by atoms with Crippen molar-refractivity contribution in [1.29, 1.82) is 0 Å². The van der Waals surface area contributed by atoms with Crippen molar-refractivity contribution in [2.45, 2.75) is 45.3 Å². The summed E-state index contributed by atoms with van der Waals surface area (Å²) in [5, 5.41) is 3.26. The van der Waals surface area contributed by atoms with E-state index in [0.717, 1.165) is 6.54 Å². The van der Waals surface area contributed by atoms with E-state index in [0.29, 0.717) is 12.5 Å². The van der Waals surface area contributed by atoms with Crippen LogP contribution in [0.3, 0.4) is 0 Å². The molecule has 70 valence electrons. The number of rotatable bonds is 5. The van der Waals surface area contributed by atoms with E-state index in [-0.39, 0.29) is 12.1 Å². The minimum absolute atomic E-state index is 0.0124. The summed E-state index contributed by atoms with van der Waals surface area (Å²) >= 11 is 0. The molecule has 0 saturated heterocycles. The van der Waals surface area contributed by atoms with E-state index in [2.05, 4.69) is 5.32 Å². The van der Waals surface area contributed by atoms with Crippen molar-refractivity contribution in [2.24, 2.45) is 0 Å². The molecule has 12 heavy (non-hydrogen) atoms. The zero-order chi connectivity index (χ0) is 8.97. The molecule has 1 aliphatic rings. The molecule has 0 unspecified atom stereocenters. The van der Waals surface area contributed by atoms with Gasteiger partial charge in [-0.15, -0.1) is 0 Å². The Hall–Kier alpha value is -0.570. The number of carbonyl (C=O) groups is 1. The second-order valence-corrected chi connectivity index (χ2v) is 3.52. The number of hydrogen-bond acceptors (Lipinski definition) is 3. The van der Waals surface area contributed by atoms with Gasteiger partial charge in [0.05, 0.1) is 12.5 Å². The summed E-state index contributed by atoms with van der Waals surface area (Å²) in [5.41, 5.74) is 0. The maximum absolute atomic E-state index is 11.0. The van der Waals surface area contributed by atoms with E-state index in [1.165, 1.54) is 12.8 Å². The topological polar surface area (TPSA) is 38.3 Å². The lowest BCUT2D eigenvalue weighted by Gasteiger charge is -2.07. The summed E-state index contributed by atoms with van der Waals surface area (Å²) in [6, 6.07) is 0.678. The summed E-state index contributed by atoms with van der Waals surface area (Å²) in [5.74, 6) is -0.0989. The number of nitrogens with one attached hydrogen (secondary N) is 1. The molecule has 0 radical (unpaired) electrons. The first kappa shape index (κ1) is 9.52. The first-order chi connectivity index (χ1) is 5.68. The van der Waals surface area contributed by atoms with Crippen LogP contribution in [0.15, 0.2) is 0 Å². The highest BCUT2D eigenvalue weighted by atomic mass is 16.5. The maximum atomic E-state index is 11.0. The SMILES string of the molecule is CC(C)OC(=O)CCNC1CC1. The Balaban J connectivity index is 1.93. The van der Waals surface area contributed by atoms with Crippen molar-refractivity contribution >= 4 is 5.97 Å². The Morgan fingerprint density at radius 2 is 2.25 bits per heavy atom. The van der Waals surface area contributed by atoms with E-state index in [9.17, 15) is 4.79 Å². The van der Waals surface area contributed by atoms with Crippen LogP contribution in [0.1, 0.15) is 33.1 Å². The highest BCUT2D eigenvalue weighted by Crippen LogP contribution is 2.18. The third-order valence-electron chi connectivity index (χ3n) is 1.71. The van der Waals surface area contributed by atoms with Crippen molar-refractivity contribution < 1.29 is 9.53 Å². The van der Waals surface area contributed by atoms with E-state index in [4.69, 9.17) is 4.74 Å². The van der Waals surface area contributed by atoms with Gasteiger partial charge < -0.3 is 10.1 Å². The van der Waals surface area contributed by atoms with E-state index >= 15 is 0 Å². The fourth-order valence-corrected chi connectivity index (χ4v) is 0.988. The molecular formula is C9H17NO2. The van der Waals surface area contributed by atoms with Gasteiger partial charge in [-0.25, -0.2) is 0 Å². The molecule has 0 bridgehead atoms. The highest BCUT2D eigenvalue weighted by Gasteiger charge is 2.20. The van der Waals surface area contributed by atoms with Crippen LogP contribution in [0.2, 0.25) is 0 Å². The summed E-state index contributed by atoms with van der Waals surface area (Å²) in [4.78, 5) is 11.0. The van der Waals surface area contributed by atoms with Crippen LogP contribution in [-0.2, 0) is 9.53 Å². The fourth-order valence-electron chi connectivity index (χ4n) is 0.988. The van der Waals surface area contributed by atoms with Gasteiger partial charge in [0.1, 0.15) is 0 Å². The number of ether oxygens (including phenoxy) is 1. The molecule has 0 aromatic heterocycles. The number of hydrogen-bond donors (Lipinski definition) is 1. The summed E-state index contributed by atoms with van der Waals surface area (Å²) in [6.45, 7) is 4.49. The second kappa shape index (κ2) is 4.45. The minimum Gasteiger partial charge on any atom is -0.463 e. The average molecular weight is 171 g/mol. The molecule has 3 heteroatoms. The second-order valence-electron chi connectivity index (χ2n) is 3.52. The summed E-state index contributed by atoms with van der Waals surface area (Å²) in [6.07, 6.45) is 3.03. The monoisotopic (exact) mass is 171 g/mol. The predicted octanol–water partition coefficient (Wildman–Crippen LogP) is 1.08. The fraction of sp³-hybridized carbons (Fsp3) is 0.889. The van der Waals surface area contributed by atoms with Gasteiger partial charge >= 0.3 is 5.97 Å². The highest BCUT2D eigenvalue weighted by molar-refractivity contribution is 5.69. The van der Waals surface area contributed by atoms with Crippen LogP contribution in [0, 0.1) is 0 Å². The first-order valence-electron chi connectivity index (χ1n) is 4.61. The van der Waals surface area contributed by atoms with Gasteiger partial charge in [0.25, 0.3) is 0 Å². The molecule has 1 aliphatic carbocycles. The quantitative estimate of drug-likeness (QED) is 0.629. The van der Waals surface area contributed by atoms with Gasteiger partial charge in [-0.1, -0.05) is 0 Å². The van der Waals surface area contributed by atoms with E-state index in [1.807, 2.05) is 13.8 Å². The van der Waals surface area contributed by atoms with Crippen LogP contribution in [0.4, 0.5) is 0 Å². The van der Waals surface area contributed by atoms with Crippen molar-refractivity contribution in [3.63, 3.8) is 0 Å². The molecule has 0 amide bonds. The van der Waals surface area contributed by atoms with Crippen LogP contribution in [0.25, 0.3) is 0 Å². The van der Waals surface area contributed by atoms with Crippen molar-refractivity contribution in [3.8, 4) is 0 Å². The first-order valence-corrected chi connectivity index (χ1v) is 4.61. The lowest BCUT2D eigenvalue weighted by molar-refractivity contribution is -0.147. The molecule has 0 atom stereocenters. The Morgan fingerprint density at radius 3 is 2.75 bits per heavy atom. The van der Waals surface area contributed by atoms with E-state index in [1.54, 1.807) is 0 Å². The number of carbonyl (C=O) groups excluding carboxylic acids is 1. The van der Waals surface area contributed by atoms with E-state index < -0.39 is 0 Å². The Morgan fingerprint density at radius 1 is 1.58 bits per heavy atom. The largest absolute Gasteiger partial charge is 0.463 e. The molecule has 1 N–H and O–H groups in total.